The van der Waals surface area contributed by atoms with Crippen molar-refractivity contribution < 1.29 is 15.0 Å². The average molecular weight is 189 g/mol. The number of carbonyl (C=O) groups is 1. The fourth-order valence-electron chi connectivity index (χ4n) is 1.31. The van der Waals surface area contributed by atoms with Gasteiger partial charge >= 0.3 is 5.97 Å². The molecule has 4 heteroatoms. The van der Waals surface area contributed by atoms with E-state index < -0.39 is 5.97 Å². The van der Waals surface area contributed by atoms with Gasteiger partial charge in [0.15, 0.2) is 0 Å². The highest BCUT2D eigenvalue weighted by molar-refractivity contribution is 5.96. The Morgan fingerprint density at radius 1 is 1.36 bits per heavy atom. The topological polar surface area (TPSA) is 70.4 Å². The summed E-state index contributed by atoms with van der Waals surface area (Å²) in [5, 5.41) is 19.5. The van der Waals surface area contributed by atoms with E-state index >= 15 is 0 Å². The van der Waals surface area contributed by atoms with Crippen LogP contribution in [0, 0.1) is 0 Å². The second-order valence-corrected chi connectivity index (χ2v) is 2.90. The molecule has 0 bridgehead atoms. The molecular formula is C10H7NO3. The zero-order chi connectivity index (χ0) is 10.1. The molecule has 14 heavy (non-hydrogen) atoms. The first-order chi connectivity index (χ1) is 6.68. The summed E-state index contributed by atoms with van der Waals surface area (Å²) < 4.78 is 0. The summed E-state index contributed by atoms with van der Waals surface area (Å²) in [5.74, 6) is -1.10. The SMILES string of the molecule is O=C(O)c1cc(O)c2ccncc2c1. The van der Waals surface area contributed by atoms with Crippen LogP contribution in [-0.2, 0) is 0 Å². The highest BCUT2D eigenvalue weighted by atomic mass is 16.4. The number of hydrogen-bond acceptors (Lipinski definition) is 3. The number of phenols is 1. The van der Waals surface area contributed by atoms with Gasteiger partial charge in [0.1, 0.15) is 5.75 Å². The van der Waals surface area contributed by atoms with Gasteiger partial charge in [0.2, 0.25) is 0 Å². The van der Waals surface area contributed by atoms with Crippen LogP contribution in [0.2, 0.25) is 0 Å². The molecule has 0 spiro atoms. The van der Waals surface area contributed by atoms with Crippen LogP contribution in [0.3, 0.4) is 0 Å². The van der Waals surface area contributed by atoms with E-state index in [9.17, 15) is 9.90 Å². The highest BCUT2D eigenvalue weighted by Gasteiger charge is 2.07. The number of carboxylic acids is 1. The van der Waals surface area contributed by atoms with Crippen LogP contribution < -0.4 is 0 Å². The Labute approximate surface area is 79.4 Å². The minimum absolute atomic E-state index is 0.0395. The molecule has 1 aromatic heterocycles. The molecule has 0 aliphatic heterocycles. The Hall–Kier alpha value is -2.10. The number of aromatic hydroxyl groups is 1. The van der Waals surface area contributed by atoms with Gasteiger partial charge in [-0.15, -0.1) is 0 Å². The number of pyridine rings is 1. The zero-order valence-electron chi connectivity index (χ0n) is 7.14. The quantitative estimate of drug-likeness (QED) is 0.715. The number of hydrogen-bond donors (Lipinski definition) is 2. The van der Waals surface area contributed by atoms with Gasteiger partial charge in [0.05, 0.1) is 5.56 Å². The molecule has 2 N–H and O–H groups in total. The highest BCUT2D eigenvalue weighted by Crippen LogP contribution is 2.25. The zero-order valence-corrected chi connectivity index (χ0v) is 7.14. The Kier molecular flexibility index (Phi) is 1.81. The van der Waals surface area contributed by atoms with Gasteiger partial charge in [-0.05, 0) is 18.2 Å². The van der Waals surface area contributed by atoms with Crippen molar-refractivity contribution in [3.63, 3.8) is 0 Å². The van der Waals surface area contributed by atoms with E-state index in [1.54, 1.807) is 12.3 Å². The molecule has 0 unspecified atom stereocenters. The number of fused-ring (bicyclic) bond motifs is 1. The lowest BCUT2D eigenvalue weighted by atomic mass is 10.1. The standard InChI is InChI=1S/C10H7NO3/c12-9-4-6(10(13)14)3-7-5-11-2-1-8(7)9/h1-5,12H,(H,13,14). The molecule has 2 aromatic rings. The molecule has 1 heterocycles. The third-order valence-electron chi connectivity index (χ3n) is 1.98. The first-order valence-corrected chi connectivity index (χ1v) is 3.98. The van der Waals surface area contributed by atoms with Crippen molar-refractivity contribution in [1.82, 2.24) is 4.98 Å². The summed E-state index contributed by atoms with van der Waals surface area (Å²) in [4.78, 5) is 14.5. The fraction of sp³-hybridized carbons (Fsp3) is 0. The molecular weight excluding hydrogens is 182 g/mol. The van der Waals surface area contributed by atoms with Gasteiger partial charge < -0.3 is 10.2 Å². The summed E-state index contributed by atoms with van der Waals surface area (Å²) in [6.45, 7) is 0. The number of nitrogens with zero attached hydrogens (tertiary/aromatic N) is 1. The maximum absolute atomic E-state index is 10.7. The number of carboxylic acid groups (broad SMARTS) is 1. The summed E-state index contributed by atoms with van der Waals surface area (Å²) in [7, 11) is 0. The van der Waals surface area contributed by atoms with Crippen molar-refractivity contribution >= 4 is 16.7 Å². The van der Waals surface area contributed by atoms with Crippen LogP contribution in [0.5, 0.6) is 5.75 Å². The van der Waals surface area contributed by atoms with Crippen molar-refractivity contribution in [2.45, 2.75) is 0 Å². The number of benzene rings is 1. The largest absolute Gasteiger partial charge is 0.507 e. The molecule has 0 atom stereocenters. The summed E-state index contributed by atoms with van der Waals surface area (Å²) in [6.07, 6.45) is 3.06. The maximum atomic E-state index is 10.7. The van der Waals surface area contributed by atoms with Gasteiger partial charge in [-0.3, -0.25) is 4.98 Å². The van der Waals surface area contributed by atoms with E-state index in [0.29, 0.717) is 10.8 Å². The Balaban J connectivity index is 2.78. The number of phenolic OH excluding ortho intramolecular Hbond substituents is 1. The molecule has 4 nitrogen and oxygen atoms in total. The summed E-state index contributed by atoms with van der Waals surface area (Å²) >= 11 is 0. The maximum Gasteiger partial charge on any atom is 0.335 e. The van der Waals surface area contributed by atoms with Gasteiger partial charge in [0, 0.05) is 23.2 Å². The molecule has 0 aliphatic carbocycles. The van der Waals surface area contributed by atoms with Crippen LogP contribution in [0.4, 0.5) is 0 Å². The molecule has 0 radical (unpaired) electrons. The number of aromatic nitrogens is 1. The number of rotatable bonds is 1. The van der Waals surface area contributed by atoms with Crippen LogP contribution in [0.25, 0.3) is 10.8 Å². The molecule has 0 fully saturated rings. The molecule has 0 amide bonds. The van der Waals surface area contributed by atoms with Crippen LogP contribution in [0.1, 0.15) is 10.4 Å². The molecule has 0 saturated carbocycles. The Bertz CT molecular complexity index is 508. The third kappa shape index (κ3) is 1.26. The lowest BCUT2D eigenvalue weighted by molar-refractivity contribution is 0.0696. The van der Waals surface area contributed by atoms with Gasteiger partial charge in [0.25, 0.3) is 0 Å². The van der Waals surface area contributed by atoms with Gasteiger partial charge in [-0.25, -0.2) is 4.79 Å². The first kappa shape index (κ1) is 8.50. The van der Waals surface area contributed by atoms with Crippen LogP contribution in [-0.4, -0.2) is 21.2 Å². The van der Waals surface area contributed by atoms with E-state index in [2.05, 4.69) is 4.98 Å². The van der Waals surface area contributed by atoms with Crippen LogP contribution in [0.15, 0.2) is 30.6 Å². The van der Waals surface area contributed by atoms with Gasteiger partial charge in [-0.1, -0.05) is 0 Å². The lowest BCUT2D eigenvalue weighted by Gasteiger charge is -2.01. The van der Waals surface area contributed by atoms with Crippen molar-refractivity contribution in [2.24, 2.45) is 0 Å². The molecule has 1 aromatic carbocycles. The third-order valence-corrected chi connectivity index (χ3v) is 1.98. The van der Waals surface area contributed by atoms with E-state index in [0.717, 1.165) is 0 Å². The Morgan fingerprint density at radius 2 is 2.14 bits per heavy atom. The van der Waals surface area contributed by atoms with E-state index in [-0.39, 0.29) is 11.3 Å². The molecule has 0 saturated heterocycles. The molecule has 0 aliphatic rings. The first-order valence-electron chi connectivity index (χ1n) is 3.98. The molecule has 2 rings (SSSR count). The minimum Gasteiger partial charge on any atom is -0.507 e. The van der Waals surface area contributed by atoms with Gasteiger partial charge in [-0.2, -0.15) is 0 Å². The molecule has 70 valence electrons. The van der Waals surface area contributed by atoms with E-state index in [4.69, 9.17) is 5.11 Å². The predicted molar refractivity (Wildman–Crippen MR) is 50.4 cm³/mol. The Morgan fingerprint density at radius 3 is 2.86 bits per heavy atom. The fourth-order valence-corrected chi connectivity index (χ4v) is 1.31. The van der Waals surface area contributed by atoms with E-state index in [1.807, 2.05) is 0 Å². The monoisotopic (exact) mass is 189 g/mol. The lowest BCUT2D eigenvalue weighted by Crippen LogP contribution is -1.95. The van der Waals surface area contributed by atoms with E-state index in [1.165, 1.54) is 18.3 Å². The van der Waals surface area contributed by atoms with Crippen molar-refractivity contribution in [3.05, 3.63) is 36.2 Å². The van der Waals surface area contributed by atoms with Crippen molar-refractivity contribution in [2.75, 3.05) is 0 Å². The van der Waals surface area contributed by atoms with Crippen molar-refractivity contribution in [3.8, 4) is 5.75 Å². The smallest absolute Gasteiger partial charge is 0.335 e. The van der Waals surface area contributed by atoms with Crippen molar-refractivity contribution in [1.29, 1.82) is 0 Å². The minimum atomic E-state index is -1.06. The number of aromatic carboxylic acids is 1. The average Bonchev–Trinajstić information content (AvgIpc) is 2.17. The van der Waals surface area contributed by atoms with Crippen LogP contribution >= 0.6 is 0 Å². The summed E-state index contributed by atoms with van der Waals surface area (Å²) in [5.41, 5.74) is 0.0583. The second kappa shape index (κ2) is 2.99. The summed E-state index contributed by atoms with van der Waals surface area (Å²) in [6, 6.07) is 4.34. The predicted octanol–water partition coefficient (Wildman–Crippen LogP) is 1.64. The normalized spacial score (nSPS) is 10.3. The second-order valence-electron chi connectivity index (χ2n) is 2.90.